The van der Waals surface area contributed by atoms with Crippen molar-refractivity contribution in [1.82, 2.24) is 9.21 Å². The van der Waals surface area contributed by atoms with Crippen LogP contribution in [0.4, 0.5) is 0 Å². The smallest absolute Gasteiger partial charge is 0.243 e. The summed E-state index contributed by atoms with van der Waals surface area (Å²) in [4.78, 5) is 13.6. The molecule has 6 heteroatoms. The predicted molar refractivity (Wildman–Crippen MR) is 88.6 cm³/mol. The summed E-state index contributed by atoms with van der Waals surface area (Å²) in [5.74, 6) is 0.400. The molecule has 1 saturated carbocycles. The van der Waals surface area contributed by atoms with Gasteiger partial charge in [-0.15, -0.1) is 0 Å². The normalized spacial score (nSPS) is 25.1. The lowest BCUT2D eigenvalue weighted by Gasteiger charge is -2.22. The fourth-order valence-corrected chi connectivity index (χ4v) is 4.88. The van der Waals surface area contributed by atoms with Gasteiger partial charge in [-0.25, -0.2) is 8.42 Å². The number of likely N-dealkylation sites (N-methyl/N-ethyl adjacent to an activating group) is 1. The van der Waals surface area contributed by atoms with Gasteiger partial charge in [0.2, 0.25) is 15.9 Å². The quantitative estimate of drug-likeness (QED) is 0.792. The monoisotopic (exact) mass is 336 g/mol. The largest absolute Gasteiger partial charge is 0.347 e. The lowest BCUT2D eigenvalue weighted by molar-refractivity contribution is -0.128. The van der Waals surface area contributed by atoms with Crippen LogP contribution in [0.3, 0.4) is 0 Å². The summed E-state index contributed by atoms with van der Waals surface area (Å²) >= 11 is 0. The Balaban J connectivity index is 1.73. The van der Waals surface area contributed by atoms with Gasteiger partial charge >= 0.3 is 0 Å². The van der Waals surface area contributed by atoms with Crippen molar-refractivity contribution in [3.63, 3.8) is 0 Å². The van der Waals surface area contributed by atoms with E-state index in [9.17, 15) is 13.2 Å². The third kappa shape index (κ3) is 3.28. The summed E-state index contributed by atoms with van der Waals surface area (Å²) in [6.45, 7) is 0.281. The van der Waals surface area contributed by atoms with E-state index in [0.29, 0.717) is 5.92 Å². The number of sulfonamides is 1. The molecule has 2 atom stereocenters. The number of carbonyl (C=O) groups excluding carboxylic acids is 1. The molecule has 3 rings (SSSR count). The average Bonchev–Trinajstić information content (AvgIpc) is 3.36. The van der Waals surface area contributed by atoms with E-state index in [-0.39, 0.29) is 17.3 Å². The van der Waals surface area contributed by atoms with Gasteiger partial charge in [-0.3, -0.25) is 4.79 Å². The first-order valence-corrected chi connectivity index (χ1v) is 9.68. The molecule has 1 aromatic rings. The number of rotatable bonds is 4. The molecule has 0 N–H and O–H groups in total. The van der Waals surface area contributed by atoms with E-state index >= 15 is 0 Å². The number of carbonyl (C=O) groups is 1. The fraction of sp³-hybridized carbons (Fsp3) is 0.588. The van der Waals surface area contributed by atoms with Gasteiger partial charge in [0.15, 0.2) is 0 Å². The molecule has 2 fully saturated rings. The molecule has 0 spiro atoms. The van der Waals surface area contributed by atoms with E-state index in [1.165, 1.54) is 46.9 Å². The Labute approximate surface area is 138 Å². The Morgan fingerprint density at radius 3 is 2.26 bits per heavy atom. The highest BCUT2D eigenvalue weighted by Crippen LogP contribution is 2.34. The van der Waals surface area contributed by atoms with E-state index in [4.69, 9.17) is 0 Å². The molecule has 1 saturated heterocycles. The number of amides is 1. The first kappa shape index (κ1) is 16.5. The van der Waals surface area contributed by atoms with Gasteiger partial charge in [0.25, 0.3) is 0 Å². The van der Waals surface area contributed by atoms with Gasteiger partial charge in [0, 0.05) is 20.6 Å². The van der Waals surface area contributed by atoms with Crippen LogP contribution in [0.2, 0.25) is 0 Å². The van der Waals surface area contributed by atoms with Crippen molar-refractivity contribution >= 4 is 15.9 Å². The van der Waals surface area contributed by atoms with Crippen LogP contribution in [-0.4, -0.2) is 50.2 Å². The van der Waals surface area contributed by atoms with E-state index in [0.717, 1.165) is 0 Å². The van der Waals surface area contributed by atoms with E-state index in [1.54, 1.807) is 26.2 Å². The molecule has 1 heterocycles. The van der Waals surface area contributed by atoms with Crippen molar-refractivity contribution in [1.29, 1.82) is 0 Å². The standard InChI is InChI=1S/C17H24N2O3S/c1-18(2)17(20)16-12-19(16)23(21,22)15-10-8-14(9-11-15)13-6-4-3-5-7-13/h8-11,13,16H,3-7,12H2,1-2H3. The highest BCUT2D eigenvalue weighted by Gasteiger charge is 2.49. The number of benzene rings is 1. The van der Waals surface area contributed by atoms with E-state index in [1.807, 2.05) is 12.1 Å². The third-order valence-electron chi connectivity index (χ3n) is 4.86. The highest BCUT2D eigenvalue weighted by atomic mass is 32.2. The molecule has 1 aromatic carbocycles. The Morgan fingerprint density at radius 1 is 1.09 bits per heavy atom. The number of nitrogens with zero attached hydrogens (tertiary/aromatic N) is 2. The zero-order valence-electron chi connectivity index (χ0n) is 13.7. The molecule has 23 heavy (non-hydrogen) atoms. The summed E-state index contributed by atoms with van der Waals surface area (Å²) in [6.07, 6.45) is 6.20. The summed E-state index contributed by atoms with van der Waals surface area (Å²) in [5.41, 5.74) is 1.23. The molecule has 126 valence electrons. The molecular weight excluding hydrogens is 312 g/mol. The second-order valence-electron chi connectivity index (χ2n) is 6.73. The molecule has 1 amide bonds. The maximum Gasteiger partial charge on any atom is 0.243 e. The van der Waals surface area contributed by atoms with Crippen molar-refractivity contribution < 1.29 is 13.2 Å². The van der Waals surface area contributed by atoms with E-state index in [2.05, 4.69) is 0 Å². The van der Waals surface area contributed by atoms with Gasteiger partial charge in [-0.1, -0.05) is 31.4 Å². The first-order valence-electron chi connectivity index (χ1n) is 8.24. The third-order valence-corrected chi connectivity index (χ3v) is 6.74. The van der Waals surface area contributed by atoms with Gasteiger partial charge in [0.1, 0.15) is 6.04 Å². The van der Waals surface area contributed by atoms with Gasteiger partial charge in [-0.2, -0.15) is 4.31 Å². The Hall–Kier alpha value is -1.40. The van der Waals surface area contributed by atoms with Crippen molar-refractivity contribution in [2.45, 2.75) is 49.0 Å². The Bertz CT molecular complexity index is 676. The SMILES string of the molecule is CN(C)C(=O)C1CN1S(=O)(=O)c1ccc(C2CCCCC2)cc1. The first-order chi connectivity index (χ1) is 10.9. The second-order valence-corrected chi connectivity index (χ2v) is 8.62. The summed E-state index contributed by atoms with van der Waals surface area (Å²) < 4.78 is 26.4. The maximum atomic E-state index is 12.6. The molecule has 1 aliphatic carbocycles. The predicted octanol–water partition coefficient (Wildman–Crippen LogP) is 2.20. The van der Waals surface area contributed by atoms with Gasteiger partial charge < -0.3 is 4.90 Å². The second kappa shape index (κ2) is 6.24. The van der Waals surface area contributed by atoms with Crippen LogP contribution in [0.1, 0.15) is 43.6 Å². The average molecular weight is 336 g/mol. The summed E-state index contributed by atoms with van der Waals surface area (Å²) in [7, 11) is -0.269. The molecule has 0 aromatic heterocycles. The lowest BCUT2D eigenvalue weighted by Crippen LogP contribution is -2.30. The zero-order valence-corrected chi connectivity index (χ0v) is 14.6. The van der Waals surface area contributed by atoms with Crippen molar-refractivity contribution in [3.05, 3.63) is 29.8 Å². The van der Waals surface area contributed by atoms with Crippen LogP contribution in [0.5, 0.6) is 0 Å². The molecule has 5 nitrogen and oxygen atoms in total. The molecule has 2 unspecified atom stereocenters. The minimum atomic E-state index is -3.56. The van der Waals surface area contributed by atoms with Crippen molar-refractivity contribution in [2.24, 2.45) is 0 Å². The van der Waals surface area contributed by atoms with Crippen LogP contribution >= 0.6 is 0 Å². The van der Waals surface area contributed by atoms with Crippen molar-refractivity contribution in [3.8, 4) is 0 Å². The highest BCUT2D eigenvalue weighted by molar-refractivity contribution is 7.89. The van der Waals surface area contributed by atoms with Gasteiger partial charge in [-0.05, 0) is 36.5 Å². The van der Waals surface area contributed by atoms with Crippen LogP contribution < -0.4 is 0 Å². The van der Waals surface area contributed by atoms with Crippen LogP contribution in [0.15, 0.2) is 29.2 Å². The zero-order chi connectivity index (χ0) is 16.6. The van der Waals surface area contributed by atoms with Gasteiger partial charge in [0.05, 0.1) is 4.90 Å². The topological polar surface area (TPSA) is 57.5 Å². The van der Waals surface area contributed by atoms with Crippen LogP contribution in [0.25, 0.3) is 0 Å². The fourth-order valence-electron chi connectivity index (χ4n) is 3.37. The minimum absolute atomic E-state index is 0.160. The molecule has 2 aliphatic rings. The molecule has 0 radical (unpaired) electrons. The van der Waals surface area contributed by atoms with E-state index < -0.39 is 16.1 Å². The van der Waals surface area contributed by atoms with Crippen molar-refractivity contribution in [2.75, 3.05) is 20.6 Å². The number of hydrogen-bond acceptors (Lipinski definition) is 3. The Kier molecular flexibility index (Phi) is 4.47. The van der Waals surface area contributed by atoms with Crippen LogP contribution in [-0.2, 0) is 14.8 Å². The lowest BCUT2D eigenvalue weighted by atomic mass is 9.84. The molecule has 1 aliphatic heterocycles. The minimum Gasteiger partial charge on any atom is -0.347 e. The van der Waals surface area contributed by atoms with Crippen LogP contribution in [0, 0.1) is 0 Å². The summed E-state index contributed by atoms with van der Waals surface area (Å²) in [6, 6.07) is 6.72. The molecule has 0 bridgehead atoms. The Morgan fingerprint density at radius 2 is 1.70 bits per heavy atom. The molecular formula is C17H24N2O3S. The number of hydrogen-bond donors (Lipinski definition) is 0. The maximum absolute atomic E-state index is 12.6. The summed E-state index contributed by atoms with van der Waals surface area (Å²) in [5, 5.41) is 0.